The summed E-state index contributed by atoms with van der Waals surface area (Å²) in [6.07, 6.45) is 0. The summed E-state index contributed by atoms with van der Waals surface area (Å²) in [5, 5.41) is 0.422. The number of amides is 1. The van der Waals surface area contributed by atoms with Crippen LogP contribution in [0.1, 0.15) is 10.4 Å². The first-order valence-corrected chi connectivity index (χ1v) is 6.60. The zero-order valence-electron chi connectivity index (χ0n) is 11.8. The van der Waals surface area contributed by atoms with Crippen molar-refractivity contribution in [1.29, 1.82) is 0 Å². The van der Waals surface area contributed by atoms with E-state index in [1.807, 2.05) is 0 Å². The lowest BCUT2D eigenvalue weighted by atomic mass is 10.2. The molecule has 3 rings (SSSR count). The minimum absolute atomic E-state index is 0.144. The van der Waals surface area contributed by atoms with Crippen LogP contribution in [0, 0.1) is 0 Å². The molecule has 1 aromatic heterocycles. The first-order valence-electron chi connectivity index (χ1n) is 6.60. The lowest BCUT2D eigenvalue weighted by molar-refractivity contribution is 0.100. The first kappa shape index (κ1) is 13.8. The van der Waals surface area contributed by atoms with Crippen molar-refractivity contribution >= 4 is 28.5 Å². The van der Waals surface area contributed by atoms with Crippen molar-refractivity contribution in [3.05, 3.63) is 64.5 Å². The number of primary amides is 1. The molecule has 0 bridgehead atoms. The minimum atomic E-state index is -0.525. The third kappa shape index (κ3) is 2.42. The predicted molar refractivity (Wildman–Crippen MR) is 83.3 cm³/mol. The van der Waals surface area contributed by atoms with Gasteiger partial charge >= 0.3 is 11.6 Å². The highest BCUT2D eigenvalue weighted by Crippen LogP contribution is 2.23. The Morgan fingerprint density at radius 1 is 1.18 bits per heavy atom. The fourth-order valence-electron chi connectivity index (χ4n) is 2.13. The zero-order valence-corrected chi connectivity index (χ0v) is 11.8. The Morgan fingerprint density at radius 3 is 2.73 bits per heavy atom. The van der Waals surface area contributed by atoms with E-state index in [0.29, 0.717) is 22.2 Å². The third-order valence-electron chi connectivity index (χ3n) is 3.33. The van der Waals surface area contributed by atoms with Crippen LogP contribution in [0.25, 0.3) is 10.9 Å². The maximum atomic E-state index is 12.0. The van der Waals surface area contributed by atoms with Gasteiger partial charge in [-0.3, -0.25) is 9.69 Å². The van der Waals surface area contributed by atoms with Crippen LogP contribution in [0.15, 0.2) is 57.7 Å². The van der Waals surface area contributed by atoms with E-state index in [2.05, 4.69) is 4.98 Å². The van der Waals surface area contributed by atoms with Gasteiger partial charge in [0.05, 0.1) is 10.9 Å². The van der Waals surface area contributed by atoms with Crippen LogP contribution in [-0.4, -0.2) is 17.9 Å². The molecule has 0 aliphatic carbocycles. The fraction of sp³-hybridized carbons (Fsp3) is 0.0625. The van der Waals surface area contributed by atoms with Crippen molar-refractivity contribution in [1.82, 2.24) is 4.98 Å². The molecule has 0 radical (unpaired) electrons. The quantitative estimate of drug-likeness (QED) is 0.798. The van der Waals surface area contributed by atoms with Crippen molar-refractivity contribution in [2.45, 2.75) is 0 Å². The van der Waals surface area contributed by atoms with Crippen LogP contribution >= 0.6 is 0 Å². The number of nitrogens with two attached hydrogens (primary N) is 1. The van der Waals surface area contributed by atoms with Crippen molar-refractivity contribution in [2.24, 2.45) is 5.73 Å². The standard InChI is InChI=1S/C16H13N3O3/c1-19(11-6-4-5-10(9-11)14(17)20)16-18-13-8-3-2-7-12(13)15(21)22-16/h2-9H,1H3,(H2,17,20). The minimum Gasteiger partial charge on any atom is -0.388 e. The van der Waals surface area contributed by atoms with Gasteiger partial charge in [-0.15, -0.1) is 0 Å². The average molecular weight is 295 g/mol. The molecular formula is C16H13N3O3. The number of rotatable bonds is 3. The van der Waals surface area contributed by atoms with Gasteiger partial charge in [0.1, 0.15) is 0 Å². The largest absolute Gasteiger partial charge is 0.388 e. The zero-order chi connectivity index (χ0) is 15.7. The normalized spacial score (nSPS) is 10.6. The predicted octanol–water partition coefficient (Wildman–Crippen LogP) is 2.05. The summed E-state index contributed by atoms with van der Waals surface area (Å²) in [7, 11) is 1.69. The third-order valence-corrected chi connectivity index (χ3v) is 3.33. The van der Waals surface area contributed by atoms with Gasteiger partial charge in [0, 0.05) is 18.3 Å². The van der Waals surface area contributed by atoms with Gasteiger partial charge in [0.25, 0.3) is 0 Å². The van der Waals surface area contributed by atoms with Gasteiger partial charge in [0.2, 0.25) is 5.91 Å². The Balaban J connectivity index is 2.09. The second-order valence-electron chi connectivity index (χ2n) is 4.77. The Kier molecular flexibility index (Phi) is 3.34. The van der Waals surface area contributed by atoms with E-state index in [4.69, 9.17) is 10.2 Å². The molecule has 3 aromatic rings. The molecule has 110 valence electrons. The van der Waals surface area contributed by atoms with Crippen LogP contribution < -0.4 is 16.3 Å². The summed E-state index contributed by atoms with van der Waals surface area (Å²) in [5.74, 6) is -0.525. The van der Waals surface area contributed by atoms with E-state index in [0.717, 1.165) is 0 Å². The second-order valence-corrected chi connectivity index (χ2v) is 4.77. The smallest absolute Gasteiger partial charge is 0.348 e. The molecule has 2 aromatic carbocycles. The van der Waals surface area contributed by atoms with E-state index in [1.165, 1.54) is 0 Å². The molecule has 0 fully saturated rings. The number of carbonyl (C=O) groups is 1. The van der Waals surface area contributed by atoms with Crippen LogP contribution in [0.4, 0.5) is 11.7 Å². The summed E-state index contributed by atoms with van der Waals surface area (Å²) in [6.45, 7) is 0. The van der Waals surface area contributed by atoms with Crippen LogP contribution in [0.5, 0.6) is 0 Å². The highest BCUT2D eigenvalue weighted by atomic mass is 16.4. The summed E-state index contributed by atoms with van der Waals surface area (Å²) in [4.78, 5) is 29.2. The van der Waals surface area contributed by atoms with Crippen LogP contribution in [-0.2, 0) is 0 Å². The highest BCUT2D eigenvalue weighted by Gasteiger charge is 2.13. The Hall–Kier alpha value is -3.15. The van der Waals surface area contributed by atoms with Crippen molar-refractivity contribution in [2.75, 3.05) is 11.9 Å². The number of hydrogen-bond acceptors (Lipinski definition) is 5. The molecule has 0 saturated heterocycles. The number of anilines is 2. The maximum Gasteiger partial charge on any atom is 0.348 e. The number of nitrogens with zero attached hydrogens (tertiary/aromatic N) is 2. The van der Waals surface area contributed by atoms with Gasteiger partial charge in [-0.25, -0.2) is 4.79 Å². The van der Waals surface area contributed by atoms with Crippen LogP contribution in [0.3, 0.4) is 0 Å². The number of para-hydroxylation sites is 1. The van der Waals surface area contributed by atoms with Gasteiger partial charge in [0.15, 0.2) is 0 Å². The lowest BCUT2D eigenvalue weighted by Gasteiger charge is -2.16. The molecule has 22 heavy (non-hydrogen) atoms. The first-order chi connectivity index (χ1) is 10.6. The second kappa shape index (κ2) is 5.33. The molecule has 6 heteroatoms. The number of aromatic nitrogens is 1. The summed E-state index contributed by atoms with van der Waals surface area (Å²) >= 11 is 0. The number of fused-ring (bicyclic) bond motifs is 1. The van der Waals surface area contributed by atoms with E-state index in [1.54, 1.807) is 60.5 Å². The molecule has 0 spiro atoms. The van der Waals surface area contributed by atoms with E-state index >= 15 is 0 Å². The summed E-state index contributed by atoms with van der Waals surface area (Å²) < 4.78 is 5.25. The van der Waals surface area contributed by atoms with Gasteiger partial charge in [-0.05, 0) is 30.3 Å². The van der Waals surface area contributed by atoms with E-state index in [9.17, 15) is 9.59 Å². The van der Waals surface area contributed by atoms with Crippen molar-refractivity contribution in [3.63, 3.8) is 0 Å². The van der Waals surface area contributed by atoms with Gasteiger partial charge < -0.3 is 10.2 Å². The Labute approximate surface area is 125 Å². The van der Waals surface area contributed by atoms with Gasteiger partial charge in [-0.2, -0.15) is 4.98 Å². The number of benzene rings is 2. The average Bonchev–Trinajstić information content (AvgIpc) is 2.54. The lowest BCUT2D eigenvalue weighted by Crippen LogP contribution is -2.16. The molecule has 0 unspecified atom stereocenters. The SMILES string of the molecule is CN(c1cccc(C(N)=O)c1)c1nc2ccccc2c(=O)o1. The van der Waals surface area contributed by atoms with Crippen molar-refractivity contribution in [3.8, 4) is 0 Å². The van der Waals surface area contributed by atoms with E-state index in [-0.39, 0.29) is 6.01 Å². The number of hydrogen-bond donors (Lipinski definition) is 1. The monoisotopic (exact) mass is 295 g/mol. The molecule has 6 nitrogen and oxygen atoms in total. The molecule has 1 heterocycles. The molecule has 0 aliphatic heterocycles. The molecular weight excluding hydrogens is 282 g/mol. The topological polar surface area (TPSA) is 89.4 Å². The fourth-order valence-corrected chi connectivity index (χ4v) is 2.13. The Bertz CT molecular complexity index is 918. The molecule has 0 aliphatic rings. The van der Waals surface area contributed by atoms with Crippen molar-refractivity contribution < 1.29 is 9.21 Å². The molecule has 0 atom stereocenters. The molecule has 2 N–H and O–H groups in total. The highest BCUT2D eigenvalue weighted by molar-refractivity contribution is 5.93. The Morgan fingerprint density at radius 2 is 1.95 bits per heavy atom. The molecule has 1 amide bonds. The maximum absolute atomic E-state index is 12.0. The number of carbonyl (C=O) groups excluding carboxylic acids is 1. The van der Waals surface area contributed by atoms with Crippen LogP contribution in [0.2, 0.25) is 0 Å². The summed E-state index contributed by atoms with van der Waals surface area (Å²) in [5.41, 5.74) is 6.37. The van der Waals surface area contributed by atoms with Gasteiger partial charge in [-0.1, -0.05) is 18.2 Å². The summed E-state index contributed by atoms with van der Waals surface area (Å²) in [6, 6.07) is 13.8. The van der Waals surface area contributed by atoms with E-state index < -0.39 is 11.5 Å². The molecule has 0 saturated carbocycles.